The predicted molar refractivity (Wildman–Crippen MR) is 357 cm³/mol. The predicted octanol–water partition coefficient (Wildman–Crippen LogP) is 17.2. The number of fused-ring (bicyclic) bond motifs is 3. The third kappa shape index (κ3) is 10.2. The van der Waals surface area contributed by atoms with Crippen LogP contribution in [0.25, 0.3) is 72.8 Å². The zero-order valence-electron chi connectivity index (χ0n) is 50.2. The van der Waals surface area contributed by atoms with E-state index in [1.165, 1.54) is 0 Å². The Morgan fingerprint density at radius 3 is 0.989 bits per heavy atom. The SMILES string of the molecule is CC1(C)OB(c2ccc(N(c3ccc4c(c3)c3cc(N(c5ccc(B6OC(C)(C)C(C)(C)O6)cc5)c5ccccc5-c5ccccc5)ccc3n4-c3nc(-c4ccccc4)nc(-c4ccccc4)n3)c3ccccc3-c3ccccc3)cc2)OC1(C)C. The highest BCUT2D eigenvalue weighted by molar-refractivity contribution is 6.62. The summed E-state index contributed by atoms with van der Waals surface area (Å²) in [5, 5.41) is 1.99. The molecule has 87 heavy (non-hydrogen) atoms. The Morgan fingerprint density at radius 2 is 0.632 bits per heavy atom. The van der Waals surface area contributed by atoms with Crippen molar-refractivity contribution in [3.8, 4) is 51.0 Å². The number of hydrogen-bond acceptors (Lipinski definition) is 9. The van der Waals surface area contributed by atoms with Crippen LogP contribution < -0.4 is 20.7 Å². The van der Waals surface area contributed by atoms with Gasteiger partial charge in [0.15, 0.2) is 11.6 Å². The van der Waals surface area contributed by atoms with Gasteiger partial charge in [-0.2, -0.15) is 9.97 Å². The fourth-order valence-electron chi connectivity index (χ4n) is 11.8. The molecule has 10 nitrogen and oxygen atoms in total. The lowest BCUT2D eigenvalue weighted by molar-refractivity contribution is 0.00578. The zero-order valence-corrected chi connectivity index (χ0v) is 50.2. The van der Waals surface area contributed by atoms with Crippen LogP contribution in [0, 0.1) is 0 Å². The maximum absolute atomic E-state index is 6.58. The van der Waals surface area contributed by atoms with Crippen molar-refractivity contribution in [2.24, 2.45) is 0 Å². The van der Waals surface area contributed by atoms with Gasteiger partial charge in [0.2, 0.25) is 5.95 Å². The van der Waals surface area contributed by atoms with E-state index in [1.54, 1.807) is 0 Å². The smallest absolute Gasteiger partial charge is 0.399 e. The molecule has 2 aliphatic heterocycles. The number of hydrogen-bond donors (Lipinski definition) is 0. The number of para-hydroxylation sites is 2. The summed E-state index contributed by atoms with van der Waals surface area (Å²) in [5.74, 6) is 1.64. The van der Waals surface area contributed by atoms with Gasteiger partial charge in [0.1, 0.15) is 0 Å². The highest BCUT2D eigenvalue weighted by atomic mass is 16.7. The van der Waals surface area contributed by atoms with Gasteiger partial charge in [0, 0.05) is 55.8 Å². The Balaban J connectivity index is 1.01. The highest BCUT2D eigenvalue weighted by Gasteiger charge is 2.53. The van der Waals surface area contributed by atoms with Gasteiger partial charge >= 0.3 is 14.2 Å². The van der Waals surface area contributed by atoms with Gasteiger partial charge in [-0.05, 0) is 150 Å². The van der Waals surface area contributed by atoms with Crippen LogP contribution in [0.15, 0.2) is 255 Å². The van der Waals surface area contributed by atoms with Gasteiger partial charge in [-0.1, -0.05) is 182 Å². The number of aromatic nitrogens is 4. The number of benzene rings is 10. The average Bonchev–Trinajstić information content (AvgIpc) is 1.69. The van der Waals surface area contributed by atoms with E-state index in [9.17, 15) is 0 Å². The van der Waals surface area contributed by atoms with Crippen molar-refractivity contribution < 1.29 is 18.6 Å². The van der Waals surface area contributed by atoms with Gasteiger partial charge in [-0.25, -0.2) is 4.98 Å². The summed E-state index contributed by atoms with van der Waals surface area (Å²) in [5.41, 5.74) is 13.8. The summed E-state index contributed by atoms with van der Waals surface area (Å²) in [4.78, 5) is 20.6. The maximum Gasteiger partial charge on any atom is 0.494 e. The summed E-state index contributed by atoms with van der Waals surface area (Å²) >= 11 is 0. The molecule has 0 radical (unpaired) electrons. The molecule has 0 atom stereocenters. The average molecular weight is 1140 g/mol. The van der Waals surface area contributed by atoms with E-state index >= 15 is 0 Å². The molecule has 0 N–H and O–H groups in total. The van der Waals surface area contributed by atoms with Gasteiger partial charge in [0.05, 0.1) is 44.8 Å². The lowest BCUT2D eigenvalue weighted by Crippen LogP contribution is -2.41. The topological polar surface area (TPSA) is 87.0 Å². The minimum absolute atomic E-state index is 0.485. The largest absolute Gasteiger partial charge is 0.494 e. The molecule has 10 aromatic carbocycles. The highest BCUT2D eigenvalue weighted by Crippen LogP contribution is 2.47. The zero-order chi connectivity index (χ0) is 59.7. The van der Waals surface area contributed by atoms with E-state index < -0.39 is 36.6 Å². The van der Waals surface area contributed by atoms with Gasteiger partial charge < -0.3 is 28.4 Å². The van der Waals surface area contributed by atoms with Crippen LogP contribution in [0.2, 0.25) is 0 Å². The molecule has 0 spiro atoms. The standard InChI is InChI=1S/C75H66B2N6O4/c1-72(2)73(3,4)85-76(84-72)55-37-41-57(42-38-55)81(65-35-23-21-33-61(65)51-25-13-9-14-26-51)59-45-47-67-63(49-59)64-50-60(46-48-68(64)83(67)71-79-69(53-29-17-11-18-30-53)78-70(80-71)54-31-19-12-20-32-54)82(66-36-24-22-34-62(66)52-27-15-10-16-28-52)58-43-39-56(40-44-58)77-86-74(5,6)75(7,8)87-77/h9-50H,1-8H3. The fourth-order valence-corrected chi connectivity index (χ4v) is 11.8. The summed E-state index contributed by atoms with van der Waals surface area (Å²) in [6.45, 7) is 16.7. The molecular weight excluding hydrogens is 1070 g/mol. The quantitative estimate of drug-likeness (QED) is 0.105. The third-order valence-electron chi connectivity index (χ3n) is 17.9. The Hall–Kier alpha value is -9.42. The molecule has 2 fully saturated rings. The Kier molecular flexibility index (Phi) is 13.9. The second-order valence-corrected chi connectivity index (χ2v) is 24.5. The molecule has 0 saturated carbocycles. The van der Waals surface area contributed by atoms with Gasteiger partial charge in [-0.3, -0.25) is 4.57 Å². The minimum atomic E-state index is -0.515. The van der Waals surface area contributed by atoms with Crippen LogP contribution in [0.3, 0.4) is 0 Å². The number of anilines is 6. The lowest BCUT2D eigenvalue weighted by atomic mass is 9.79. The number of rotatable bonds is 13. The van der Waals surface area contributed by atoms with Crippen molar-refractivity contribution in [3.63, 3.8) is 0 Å². The van der Waals surface area contributed by atoms with E-state index in [-0.39, 0.29) is 0 Å². The van der Waals surface area contributed by atoms with Gasteiger partial charge in [-0.15, -0.1) is 0 Å². The molecule has 4 heterocycles. The molecule has 12 heteroatoms. The molecule has 0 unspecified atom stereocenters. The van der Waals surface area contributed by atoms with Crippen molar-refractivity contribution in [2.45, 2.75) is 77.8 Å². The van der Waals surface area contributed by atoms with Crippen LogP contribution in [-0.4, -0.2) is 56.2 Å². The monoisotopic (exact) mass is 1140 g/mol. The summed E-state index contributed by atoms with van der Waals surface area (Å²) in [6, 6.07) is 89.5. The number of nitrogens with zero attached hydrogens (tertiary/aromatic N) is 6. The third-order valence-corrected chi connectivity index (χ3v) is 17.9. The van der Waals surface area contributed by atoms with Crippen molar-refractivity contribution in [2.75, 3.05) is 9.80 Å². The Bertz CT molecular complexity index is 4170. The van der Waals surface area contributed by atoms with E-state index in [2.05, 4.69) is 264 Å². The van der Waals surface area contributed by atoms with Crippen LogP contribution in [-0.2, 0) is 18.6 Å². The molecule has 2 saturated heterocycles. The second-order valence-electron chi connectivity index (χ2n) is 24.5. The molecule has 0 aliphatic carbocycles. The lowest BCUT2D eigenvalue weighted by Gasteiger charge is -2.32. The van der Waals surface area contributed by atoms with Crippen molar-refractivity contribution in [1.82, 2.24) is 19.5 Å². The molecule has 0 bridgehead atoms. The molecule has 0 amide bonds. The van der Waals surface area contributed by atoms with E-state index in [0.717, 1.165) is 100 Å². The summed E-state index contributed by atoms with van der Waals surface area (Å²) in [7, 11) is -1.03. The maximum atomic E-state index is 6.58. The Morgan fingerprint density at radius 1 is 0.322 bits per heavy atom. The molecule has 12 aromatic rings. The van der Waals surface area contributed by atoms with Crippen molar-refractivity contribution in [3.05, 3.63) is 255 Å². The second kappa shape index (κ2) is 21.8. The first-order valence-corrected chi connectivity index (χ1v) is 29.9. The molecule has 426 valence electrons. The van der Waals surface area contributed by atoms with Gasteiger partial charge in [0.25, 0.3) is 0 Å². The van der Waals surface area contributed by atoms with Crippen LogP contribution in [0.4, 0.5) is 34.1 Å². The van der Waals surface area contributed by atoms with Crippen molar-refractivity contribution in [1.29, 1.82) is 0 Å². The Labute approximate surface area is 510 Å². The summed E-state index contributed by atoms with van der Waals surface area (Å²) in [6.07, 6.45) is 0. The first kappa shape index (κ1) is 55.5. The molecule has 2 aliphatic rings. The summed E-state index contributed by atoms with van der Waals surface area (Å²) < 4.78 is 28.5. The fraction of sp³-hybridized carbons (Fsp3) is 0.160. The normalized spacial score (nSPS) is 15.7. The van der Waals surface area contributed by atoms with Crippen molar-refractivity contribution >= 4 is 81.1 Å². The molecule has 2 aromatic heterocycles. The van der Waals surface area contributed by atoms with E-state index in [0.29, 0.717) is 17.6 Å². The van der Waals surface area contributed by atoms with Crippen LogP contribution in [0.1, 0.15) is 55.4 Å². The first-order valence-electron chi connectivity index (χ1n) is 29.9. The molecule has 14 rings (SSSR count). The minimum Gasteiger partial charge on any atom is -0.399 e. The van der Waals surface area contributed by atoms with E-state index in [4.69, 9.17) is 33.6 Å². The first-order chi connectivity index (χ1) is 42.1. The van der Waals surface area contributed by atoms with Crippen LogP contribution >= 0.6 is 0 Å². The van der Waals surface area contributed by atoms with Crippen LogP contribution in [0.5, 0.6) is 0 Å². The molecular formula is C75H66B2N6O4. The van der Waals surface area contributed by atoms with E-state index in [1.807, 2.05) is 60.7 Å².